The normalized spacial score (nSPS) is 12.5. The molecule has 2 rings (SSSR count). The highest BCUT2D eigenvalue weighted by Gasteiger charge is 2.17. The van der Waals surface area contributed by atoms with Crippen molar-refractivity contribution in [2.24, 2.45) is 0 Å². The molecule has 1 aromatic carbocycles. The molecule has 0 radical (unpaired) electrons. The summed E-state index contributed by atoms with van der Waals surface area (Å²) in [4.78, 5) is 4.27. The fourth-order valence-electron chi connectivity index (χ4n) is 2.06. The number of aliphatic hydroxyl groups is 1. The summed E-state index contributed by atoms with van der Waals surface area (Å²) in [5, 5.41) is 14.3. The Morgan fingerprint density at radius 1 is 1.33 bits per heavy atom. The Hall–Kier alpha value is -1.88. The molecule has 0 aliphatic carbocycles. The highest BCUT2D eigenvalue weighted by Crippen LogP contribution is 2.31. The molecule has 18 heavy (non-hydrogen) atoms. The number of methoxy groups -OCH3 is 1. The summed E-state index contributed by atoms with van der Waals surface area (Å²) in [5.74, 6) is 2.13. The average Bonchev–Trinajstić information content (AvgIpc) is 2.67. The van der Waals surface area contributed by atoms with Crippen LogP contribution in [0, 0.1) is 13.8 Å². The van der Waals surface area contributed by atoms with Crippen molar-refractivity contribution in [2.75, 3.05) is 7.11 Å². The van der Waals surface area contributed by atoms with Crippen LogP contribution in [0.5, 0.6) is 5.75 Å². The predicted molar refractivity (Wildman–Crippen MR) is 68.0 cm³/mol. The Bertz CT molecular complexity index is 561. The molecule has 1 heterocycles. The SMILES string of the molecule is COc1cccc(-n2nc(C)nc2C)c1[C@H](C)O. The summed E-state index contributed by atoms with van der Waals surface area (Å²) in [7, 11) is 1.59. The van der Waals surface area contributed by atoms with E-state index < -0.39 is 6.10 Å². The van der Waals surface area contributed by atoms with Gasteiger partial charge in [0.1, 0.15) is 17.4 Å². The third kappa shape index (κ3) is 2.09. The highest BCUT2D eigenvalue weighted by atomic mass is 16.5. The van der Waals surface area contributed by atoms with Crippen molar-refractivity contribution in [1.82, 2.24) is 14.8 Å². The van der Waals surface area contributed by atoms with Crippen LogP contribution in [-0.4, -0.2) is 27.0 Å². The lowest BCUT2D eigenvalue weighted by Gasteiger charge is -2.16. The van der Waals surface area contributed by atoms with E-state index in [-0.39, 0.29) is 0 Å². The van der Waals surface area contributed by atoms with Crippen LogP contribution in [0.4, 0.5) is 0 Å². The maximum Gasteiger partial charge on any atom is 0.148 e. The molecule has 0 aliphatic rings. The summed E-state index contributed by atoms with van der Waals surface area (Å²) in [5.41, 5.74) is 1.51. The molecular formula is C13H17N3O2. The number of aryl methyl sites for hydroxylation is 2. The number of aromatic nitrogens is 3. The van der Waals surface area contributed by atoms with Gasteiger partial charge in [0.15, 0.2) is 0 Å². The second-order valence-corrected chi connectivity index (χ2v) is 4.19. The van der Waals surface area contributed by atoms with Crippen molar-refractivity contribution >= 4 is 0 Å². The first-order valence-electron chi connectivity index (χ1n) is 5.80. The van der Waals surface area contributed by atoms with Gasteiger partial charge in [-0.15, -0.1) is 0 Å². The van der Waals surface area contributed by atoms with E-state index in [1.807, 2.05) is 32.0 Å². The molecule has 0 aliphatic heterocycles. The number of ether oxygens (including phenoxy) is 1. The second kappa shape index (κ2) is 4.78. The summed E-state index contributed by atoms with van der Waals surface area (Å²) < 4.78 is 7.02. The van der Waals surface area contributed by atoms with Gasteiger partial charge in [-0.25, -0.2) is 9.67 Å². The Morgan fingerprint density at radius 2 is 2.06 bits per heavy atom. The lowest BCUT2D eigenvalue weighted by Crippen LogP contribution is -2.07. The quantitative estimate of drug-likeness (QED) is 0.900. The molecule has 0 fully saturated rings. The number of aliphatic hydroxyl groups excluding tert-OH is 1. The van der Waals surface area contributed by atoms with Gasteiger partial charge in [-0.3, -0.25) is 0 Å². The maximum absolute atomic E-state index is 9.93. The van der Waals surface area contributed by atoms with Crippen LogP contribution in [0.25, 0.3) is 5.69 Å². The largest absolute Gasteiger partial charge is 0.496 e. The van der Waals surface area contributed by atoms with Crippen LogP contribution in [0.3, 0.4) is 0 Å². The smallest absolute Gasteiger partial charge is 0.148 e. The number of benzene rings is 1. The number of rotatable bonds is 3. The van der Waals surface area contributed by atoms with E-state index in [9.17, 15) is 5.11 Å². The van der Waals surface area contributed by atoms with E-state index in [0.29, 0.717) is 17.1 Å². The first kappa shape index (κ1) is 12.6. The van der Waals surface area contributed by atoms with Crippen molar-refractivity contribution in [3.63, 3.8) is 0 Å². The van der Waals surface area contributed by atoms with Gasteiger partial charge in [-0.2, -0.15) is 5.10 Å². The zero-order valence-electron chi connectivity index (χ0n) is 11.0. The number of nitrogens with zero attached hydrogens (tertiary/aromatic N) is 3. The molecule has 1 N–H and O–H groups in total. The monoisotopic (exact) mass is 247 g/mol. The minimum Gasteiger partial charge on any atom is -0.496 e. The minimum absolute atomic E-state index is 0.639. The molecule has 5 nitrogen and oxygen atoms in total. The van der Waals surface area contributed by atoms with Gasteiger partial charge in [0, 0.05) is 5.56 Å². The lowest BCUT2D eigenvalue weighted by molar-refractivity contribution is 0.194. The predicted octanol–water partition coefficient (Wildman–Crippen LogP) is 1.95. The topological polar surface area (TPSA) is 60.2 Å². The van der Waals surface area contributed by atoms with Gasteiger partial charge < -0.3 is 9.84 Å². The standard InChI is InChI=1S/C13H17N3O2/c1-8(17)13-11(6-5-7-12(13)18-4)16-10(3)14-9(2)15-16/h5-8,17H,1-4H3/t8-/m0/s1. The van der Waals surface area contributed by atoms with Crippen molar-refractivity contribution < 1.29 is 9.84 Å². The van der Waals surface area contributed by atoms with E-state index in [2.05, 4.69) is 10.1 Å². The summed E-state index contributed by atoms with van der Waals surface area (Å²) >= 11 is 0. The fraction of sp³-hybridized carbons (Fsp3) is 0.385. The average molecular weight is 247 g/mol. The van der Waals surface area contributed by atoms with E-state index in [1.165, 1.54) is 0 Å². The molecular weight excluding hydrogens is 230 g/mol. The van der Waals surface area contributed by atoms with Gasteiger partial charge in [-0.1, -0.05) is 6.07 Å². The van der Waals surface area contributed by atoms with Crippen LogP contribution in [0.2, 0.25) is 0 Å². The minimum atomic E-state index is -0.639. The summed E-state index contributed by atoms with van der Waals surface area (Å²) in [6, 6.07) is 5.59. The van der Waals surface area contributed by atoms with Crippen molar-refractivity contribution in [1.29, 1.82) is 0 Å². The number of hydrogen-bond donors (Lipinski definition) is 1. The van der Waals surface area contributed by atoms with E-state index in [0.717, 1.165) is 11.5 Å². The third-order valence-electron chi connectivity index (χ3n) is 2.78. The van der Waals surface area contributed by atoms with Gasteiger partial charge in [0.05, 0.1) is 18.9 Å². The van der Waals surface area contributed by atoms with Gasteiger partial charge in [-0.05, 0) is 32.9 Å². The van der Waals surface area contributed by atoms with Gasteiger partial charge >= 0.3 is 0 Å². The Labute approximate surface area is 106 Å². The van der Waals surface area contributed by atoms with Crippen LogP contribution in [0.1, 0.15) is 30.2 Å². The maximum atomic E-state index is 9.93. The highest BCUT2D eigenvalue weighted by molar-refractivity contribution is 5.50. The molecule has 0 unspecified atom stereocenters. The molecule has 0 amide bonds. The Morgan fingerprint density at radius 3 is 2.56 bits per heavy atom. The summed E-state index contributed by atoms with van der Waals surface area (Å²) in [6.45, 7) is 5.43. The van der Waals surface area contributed by atoms with Gasteiger partial charge in [0.25, 0.3) is 0 Å². The third-order valence-corrected chi connectivity index (χ3v) is 2.78. The van der Waals surface area contributed by atoms with E-state index >= 15 is 0 Å². The molecule has 2 aromatic rings. The first-order chi connectivity index (χ1) is 8.54. The van der Waals surface area contributed by atoms with Crippen molar-refractivity contribution in [3.8, 4) is 11.4 Å². The van der Waals surface area contributed by atoms with Crippen molar-refractivity contribution in [3.05, 3.63) is 35.4 Å². The van der Waals surface area contributed by atoms with Gasteiger partial charge in [0.2, 0.25) is 0 Å². The van der Waals surface area contributed by atoms with Crippen LogP contribution < -0.4 is 4.74 Å². The van der Waals surface area contributed by atoms with Crippen LogP contribution >= 0.6 is 0 Å². The number of hydrogen-bond acceptors (Lipinski definition) is 4. The molecule has 0 spiro atoms. The lowest BCUT2D eigenvalue weighted by atomic mass is 10.1. The zero-order chi connectivity index (χ0) is 13.3. The molecule has 0 saturated heterocycles. The van der Waals surface area contributed by atoms with Crippen molar-refractivity contribution in [2.45, 2.75) is 26.9 Å². The first-order valence-corrected chi connectivity index (χ1v) is 5.80. The van der Waals surface area contributed by atoms with Crippen LogP contribution in [-0.2, 0) is 0 Å². The molecule has 96 valence electrons. The van der Waals surface area contributed by atoms with E-state index in [1.54, 1.807) is 18.7 Å². The molecule has 5 heteroatoms. The Balaban J connectivity index is 2.67. The molecule has 0 bridgehead atoms. The molecule has 1 aromatic heterocycles. The molecule has 1 atom stereocenters. The van der Waals surface area contributed by atoms with E-state index in [4.69, 9.17) is 4.74 Å². The fourth-order valence-corrected chi connectivity index (χ4v) is 2.06. The second-order valence-electron chi connectivity index (χ2n) is 4.19. The summed E-state index contributed by atoms with van der Waals surface area (Å²) in [6.07, 6.45) is -0.639. The Kier molecular flexibility index (Phi) is 3.34. The zero-order valence-corrected chi connectivity index (χ0v) is 11.0. The van der Waals surface area contributed by atoms with Crippen LogP contribution in [0.15, 0.2) is 18.2 Å². The molecule has 0 saturated carbocycles.